The Kier molecular flexibility index (Phi) is 6.38. The second-order valence-electron chi connectivity index (χ2n) is 7.00. The van der Waals surface area contributed by atoms with Crippen molar-refractivity contribution >= 4 is 23.4 Å². The molecule has 2 N–H and O–H groups in total. The number of halogens is 1. The number of likely N-dealkylation sites (tertiary alicyclic amines) is 1. The molecule has 2 aliphatic rings. The summed E-state index contributed by atoms with van der Waals surface area (Å²) in [5, 5.41) is 6.76. The fourth-order valence-corrected chi connectivity index (χ4v) is 3.88. The van der Waals surface area contributed by atoms with E-state index < -0.39 is 0 Å². The van der Waals surface area contributed by atoms with Crippen molar-refractivity contribution in [3.63, 3.8) is 0 Å². The Morgan fingerprint density at radius 2 is 2.19 bits per heavy atom. The lowest BCUT2D eigenvalue weighted by molar-refractivity contribution is -0.123. The summed E-state index contributed by atoms with van der Waals surface area (Å²) in [6.07, 6.45) is 3.88. The molecule has 1 aromatic rings. The second-order valence-corrected chi connectivity index (χ2v) is 7.43. The molecule has 2 saturated heterocycles. The lowest BCUT2D eigenvalue weighted by atomic mass is 9.97. The van der Waals surface area contributed by atoms with Gasteiger partial charge >= 0.3 is 0 Å². The SMILES string of the molecule is COc1ccc(Cl)cc1C(=O)N1CCCC(CNC(=O)C2CCCN2)C1. The minimum atomic E-state index is -0.0714. The van der Waals surface area contributed by atoms with Crippen LogP contribution in [0.3, 0.4) is 0 Å². The zero-order valence-corrected chi connectivity index (χ0v) is 15.8. The molecule has 0 bridgehead atoms. The number of nitrogens with zero attached hydrogens (tertiary/aromatic N) is 1. The molecule has 7 heteroatoms. The number of hydrogen-bond donors (Lipinski definition) is 2. The maximum Gasteiger partial charge on any atom is 0.257 e. The van der Waals surface area contributed by atoms with Gasteiger partial charge in [-0.1, -0.05) is 11.6 Å². The van der Waals surface area contributed by atoms with Gasteiger partial charge in [-0.05, 0) is 56.3 Å². The molecule has 0 aromatic heterocycles. The molecule has 0 spiro atoms. The van der Waals surface area contributed by atoms with Gasteiger partial charge in [0.1, 0.15) is 5.75 Å². The standard InChI is InChI=1S/C19H26ClN3O3/c1-26-17-7-6-14(20)10-15(17)19(25)23-9-3-4-13(12-23)11-22-18(24)16-5-2-8-21-16/h6-7,10,13,16,21H,2-5,8-9,11-12H2,1H3,(H,22,24). The molecule has 26 heavy (non-hydrogen) atoms. The number of carbonyl (C=O) groups is 2. The number of ether oxygens (including phenoxy) is 1. The summed E-state index contributed by atoms with van der Waals surface area (Å²) in [5.74, 6) is 0.797. The number of carbonyl (C=O) groups excluding carboxylic acids is 2. The summed E-state index contributed by atoms with van der Waals surface area (Å²) in [7, 11) is 1.55. The Labute approximate surface area is 159 Å². The molecule has 2 aliphatic heterocycles. The number of hydrogen-bond acceptors (Lipinski definition) is 4. The summed E-state index contributed by atoms with van der Waals surface area (Å²) < 4.78 is 5.30. The third-order valence-corrected chi connectivity index (χ3v) is 5.38. The van der Waals surface area contributed by atoms with E-state index >= 15 is 0 Å². The Balaban J connectivity index is 1.58. The number of piperidine rings is 1. The predicted molar refractivity (Wildman–Crippen MR) is 101 cm³/mol. The van der Waals surface area contributed by atoms with Crippen molar-refractivity contribution in [2.75, 3.05) is 33.3 Å². The monoisotopic (exact) mass is 379 g/mol. The first-order valence-corrected chi connectivity index (χ1v) is 9.60. The molecule has 3 rings (SSSR count). The predicted octanol–water partition coefficient (Wildman–Crippen LogP) is 2.07. The lowest BCUT2D eigenvalue weighted by Gasteiger charge is -2.33. The van der Waals surface area contributed by atoms with E-state index in [1.165, 1.54) is 0 Å². The quantitative estimate of drug-likeness (QED) is 0.821. The van der Waals surface area contributed by atoms with Gasteiger partial charge in [-0.3, -0.25) is 9.59 Å². The van der Waals surface area contributed by atoms with Crippen LogP contribution in [-0.4, -0.2) is 56.0 Å². The van der Waals surface area contributed by atoms with E-state index in [2.05, 4.69) is 10.6 Å². The van der Waals surface area contributed by atoms with Gasteiger partial charge in [-0.2, -0.15) is 0 Å². The van der Waals surface area contributed by atoms with Crippen molar-refractivity contribution in [1.82, 2.24) is 15.5 Å². The Morgan fingerprint density at radius 3 is 2.92 bits per heavy atom. The molecule has 2 heterocycles. The van der Waals surface area contributed by atoms with Gasteiger partial charge in [0.05, 0.1) is 18.7 Å². The van der Waals surface area contributed by atoms with Gasteiger partial charge in [0.2, 0.25) is 5.91 Å². The van der Waals surface area contributed by atoms with Crippen LogP contribution in [-0.2, 0) is 4.79 Å². The number of nitrogens with one attached hydrogen (secondary N) is 2. The molecule has 2 fully saturated rings. The van der Waals surface area contributed by atoms with Crippen LogP contribution in [0, 0.1) is 5.92 Å². The van der Waals surface area contributed by atoms with Gasteiger partial charge < -0.3 is 20.3 Å². The fourth-order valence-electron chi connectivity index (χ4n) is 3.71. The Hall–Kier alpha value is -1.79. The molecular formula is C19H26ClN3O3. The zero-order valence-electron chi connectivity index (χ0n) is 15.1. The molecule has 0 radical (unpaired) electrons. The van der Waals surface area contributed by atoms with Crippen LogP contribution < -0.4 is 15.4 Å². The molecule has 142 valence electrons. The highest BCUT2D eigenvalue weighted by Gasteiger charge is 2.28. The number of rotatable bonds is 5. The zero-order chi connectivity index (χ0) is 18.5. The molecule has 2 atom stereocenters. The number of methoxy groups -OCH3 is 1. The highest BCUT2D eigenvalue weighted by molar-refractivity contribution is 6.31. The highest BCUT2D eigenvalue weighted by atomic mass is 35.5. The first-order valence-electron chi connectivity index (χ1n) is 9.22. The summed E-state index contributed by atoms with van der Waals surface area (Å²) >= 11 is 6.05. The average Bonchev–Trinajstić information content (AvgIpc) is 3.20. The summed E-state index contributed by atoms with van der Waals surface area (Å²) in [6, 6.07) is 5.01. The van der Waals surface area contributed by atoms with E-state index in [9.17, 15) is 9.59 Å². The second kappa shape index (κ2) is 8.73. The van der Waals surface area contributed by atoms with E-state index in [1.807, 2.05) is 4.90 Å². The molecular weight excluding hydrogens is 354 g/mol. The van der Waals surface area contributed by atoms with E-state index in [0.717, 1.165) is 32.2 Å². The minimum Gasteiger partial charge on any atom is -0.496 e. The molecule has 0 aliphatic carbocycles. The van der Waals surface area contributed by atoms with Gasteiger partial charge in [0.25, 0.3) is 5.91 Å². The summed E-state index contributed by atoms with van der Waals surface area (Å²) in [4.78, 5) is 26.9. The third-order valence-electron chi connectivity index (χ3n) is 5.14. The highest BCUT2D eigenvalue weighted by Crippen LogP contribution is 2.26. The maximum atomic E-state index is 12.9. The molecule has 6 nitrogen and oxygen atoms in total. The summed E-state index contributed by atoms with van der Waals surface area (Å²) in [6.45, 7) is 2.86. The van der Waals surface area contributed by atoms with Crippen LogP contribution in [0.5, 0.6) is 5.75 Å². The van der Waals surface area contributed by atoms with Crippen molar-refractivity contribution in [2.45, 2.75) is 31.7 Å². The van der Waals surface area contributed by atoms with Crippen molar-refractivity contribution < 1.29 is 14.3 Å². The van der Waals surface area contributed by atoms with Crippen molar-refractivity contribution in [3.8, 4) is 5.75 Å². The number of benzene rings is 1. The fraction of sp³-hybridized carbons (Fsp3) is 0.579. The smallest absolute Gasteiger partial charge is 0.257 e. The first kappa shape index (κ1) is 19.0. The van der Waals surface area contributed by atoms with Gasteiger partial charge in [-0.25, -0.2) is 0 Å². The van der Waals surface area contributed by atoms with E-state index in [1.54, 1.807) is 25.3 Å². The molecule has 0 saturated carbocycles. The maximum absolute atomic E-state index is 12.9. The number of amides is 2. The molecule has 2 unspecified atom stereocenters. The van der Waals surface area contributed by atoms with E-state index in [4.69, 9.17) is 16.3 Å². The van der Waals surface area contributed by atoms with Crippen LogP contribution in [0.4, 0.5) is 0 Å². The lowest BCUT2D eigenvalue weighted by Crippen LogP contribution is -2.46. The van der Waals surface area contributed by atoms with Crippen LogP contribution in [0.2, 0.25) is 5.02 Å². The van der Waals surface area contributed by atoms with Crippen LogP contribution in [0.25, 0.3) is 0 Å². The molecule has 1 aromatic carbocycles. The van der Waals surface area contributed by atoms with Gasteiger partial charge in [0.15, 0.2) is 0 Å². The minimum absolute atomic E-state index is 0.0629. The Bertz CT molecular complexity index is 661. The molecule has 2 amide bonds. The largest absolute Gasteiger partial charge is 0.496 e. The Morgan fingerprint density at radius 1 is 1.35 bits per heavy atom. The van der Waals surface area contributed by atoms with Crippen molar-refractivity contribution in [2.24, 2.45) is 5.92 Å². The van der Waals surface area contributed by atoms with Gasteiger partial charge in [0, 0.05) is 24.7 Å². The van der Waals surface area contributed by atoms with Gasteiger partial charge in [-0.15, -0.1) is 0 Å². The normalized spacial score (nSPS) is 22.9. The van der Waals surface area contributed by atoms with Crippen molar-refractivity contribution in [1.29, 1.82) is 0 Å². The third kappa shape index (κ3) is 4.48. The average molecular weight is 380 g/mol. The summed E-state index contributed by atoms with van der Waals surface area (Å²) in [5.41, 5.74) is 0.486. The van der Waals surface area contributed by atoms with Crippen LogP contribution in [0.1, 0.15) is 36.0 Å². The van der Waals surface area contributed by atoms with Crippen LogP contribution in [0.15, 0.2) is 18.2 Å². The van der Waals surface area contributed by atoms with E-state index in [-0.39, 0.29) is 23.8 Å². The first-order chi connectivity index (χ1) is 12.6. The van der Waals surface area contributed by atoms with E-state index in [0.29, 0.717) is 36.0 Å². The topological polar surface area (TPSA) is 70.7 Å². The van der Waals surface area contributed by atoms with Crippen LogP contribution >= 0.6 is 11.6 Å². The van der Waals surface area contributed by atoms with Crippen molar-refractivity contribution in [3.05, 3.63) is 28.8 Å².